The number of aryl methyl sites for hydroxylation is 1. The van der Waals surface area contributed by atoms with Crippen LogP contribution in [0.2, 0.25) is 0 Å². The number of aromatic nitrogens is 2. The summed E-state index contributed by atoms with van der Waals surface area (Å²) in [5, 5.41) is 0. The number of benzene rings is 2. The summed E-state index contributed by atoms with van der Waals surface area (Å²) in [5.74, 6) is 0.921. The van der Waals surface area contributed by atoms with Gasteiger partial charge in [-0.25, -0.2) is 4.98 Å². The van der Waals surface area contributed by atoms with Gasteiger partial charge in [0.05, 0.1) is 11.0 Å². The molecule has 0 atom stereocenters. The summed E-state index contributed by atoms with van der Waals surface area (Å²) in [6, 6.07) is 13.8. The Morgan fingerprint density at radius 3 is 2.67 bits per heavy atom. The van der Waals surface area contributed by atoms with E-state index in [-0.39, 0.29) is 0 Å². The average molecular weight is 302 g/mol. The standard InChI is InChI=1S/C14H12BrN3/c1-18-13-11(15)6-3-7-12(13)17-14(18)9-4-2-5-10(16)8-9/h2-8H,16H2,1H3. The van der Waals surface area contributed by atoms with Gasteiger partial charge in [-0.3, -0.25) is 0 Å². The lowest BCUT2D eigenvalue weighted by Gasteiger charge is -2.04. The average Bonchev–Trinajstić information content (AvgIpc) is 2.68. The first-order chi connectivity index (χ1) is 8.66. The van der Waals surface area contributed by atoms with Gasteiger partial charge in [0.25, 0.3) is 0 Å². The number of anilines is 1. The molecule has 0 radical (unpaired) electrons. The fraction of sp³-hybridized carbons (Fsp3) is 0.0714. The number of hydrogen-bond acceptors (Lipinski definition) is 2. The van der Waals surface area contributed by atoms with E-state index in [1.54, 1.807) is 0 Å². The van der Waals surface area contributed by atoms with E-state index in [2.05, 4.69) is 25.5 Å². The van der Waals surface area contributed by atoms with Crippen LogP contribution < -0.4 is 5.73 Å². The third-order valence-corrected chi connectivity index (χ3v) is 3.63. The Labute approximate surface area is 113 Å². The molecule has 2 aromatic carbocycles. The van der Waals surface area contributed by atoms with Crippen molar-refractivity contribution >= 4 is 32.7 Å². The van der Waals surface area contributed by atoms with Crippen LogP contribution in [0.15, 0.2) is 46.9 Å². The van der Waals surface area contributed by atoms with Crippen molar-refractivity contribution in [1.29, 1.82) is 0 Å². The van der Waals surface area contributed by atoms with E-state index in [1.165, 1.54) is 0 Å². The van der Waals surface area contributed by atoms with Gasteiger partial charge in [-0.1, -0.05) is 18.2 Å². The van der Waals surface area contributed by atoms with Crippen LogP contribution in [-0.2, 0) is 7.05 Å². The second kappa shape index (κ2) is 4.14. The van der Waals surface area contributed by atoms with Crippen LogP contribution in [0.1, 0.15) is 0 Å². The molecule has 0 saturated carbocycles. The van der Waals surface area contributed by atoms with Gasteiger partial charge >= 0.3 is 0 Å². The van der Waals surface area contributed by atoms with Crippen LogP contribution >= 0.6 is 15.9 Å². The molecule has 4 heteroatoms. The maximum atomic E-state index is 5.82. The molecule has 0 bridgehead atoms. The van der Waals surface area contributed by atoms with Gasteiger partial charge in [0, 0.05) is 22.8 Å². The van der Waals surface area contributed by atoms with Crippen molar-refractivity contribution < 1.29 is 0 Å². The predicted octanol–water partition coefficient (Wildman–Crippen LogP) is 3.59. The molecule has 3 rings (SSSR count). The van der Waals surface area contributed by atoms with Crippen molar-refractivity contribution in [3.8, 4) is 11.4 Å². The monoisotopic (exact) mass is 301 g/mol. The first kappa shape index (κ1) is 11.3. The number of nitrogens with two attached hydrogens (primary N) is 1. The smallest absolute Gasteiger partial charge is 0.140 e. The summed E-state index contributed by atoms with van der Waals surface area (Å²) in [5.41, 5.74) is 9.67. The minimum Gasteiger partial charge on any atom is -0.399 e. The van der Waals surface area contributed by atoms with Crippen molar-refractivity contribution in [2.75, 3.05) is 5.73 Å². The Morgan fingerprint density at radius 1 is 1.17 bits per heavy atom. The molecule has 0 spiro atoms. The molecule has 1 aromatic heterocycles. The van der Waals surface area contributed by atoms with E-state index >= 15 is 0 Å². The van der Waals surface area contributed by atoms with Gasteiger partial charge in [-0.15, -0.1) is 0 Å². The molecule has 0 aliphatic rings. The third-order valence-electron chi connectivity index (χ3n) is 2.99. The van der Waals surface area contributed by atoms with E-state index in [9.17, 15) is 0 Å². The lowest BCUT2D eigenvalue weighted by atomic mass is 10.2. The molecule has 18 heavy (non-hydrogen) atoms. The van der Waals surface area contributed by atoms with Crippen molar-refractivity contribution in [3.63, 3.8) is 0 Å². The maximum absolute atomic E-state index is 5.82. The predicted molar refractivity (Wildman–Crippen MR) is 78.3 cm³/mol. The summed E-state index contributed by atoms with van der Waals surface area (Å²) in [6.07, 6.45) is 0. The van der Waals surface area contributed by atoms with Gasteiger partial charge in [0.2, 0.25) is 0 Å². The number of nitrogens with zero attached hydrogens (tertiary/aromatic N) is 2. The van der Waals surface area contributed by atoms with Crippen LogP contribution in [0.5, 0.6) is 0 Å². The van der Waals surface area contributed by atoms with Crippen LogP contribution in [0.25, 0.3) is 22.4 Å². The third kappa shape index (κ3) is 1.69. The van der Waals surface area contributed by atoms with Gasteiger partial charge in [-0.2, -0.15) is 0 Å². The quantitative estimate of drug-likeness (QED) is 0.698. The Bertz CT molecular complexity index is 731. The van der Waals surface area contributed by atoms with Gasteiger partial charge < -0.3 is 10.3 Å². The largest absolute Gasteiger partial charge is 0.399 e. The Balaban J connectivity index is 2.31. The maximum Gasteiger partial charge on any atom is 0.140 e. The molecule has 0 saturated heterocycles. The fourth-order valence-corrected chi connectivity index (χ4v) is 2.78. The number of para-hydroxylation sites is 1. The van der Waals surface area contributed by atoms with Gasteiger partial charge in [0.1, 0.15) is 5.82 Å². The number of rotatable bonds is 1. The van der Waals surface area contributed by atoms with Crippen molar-refractivity contribution in [2.45, 2.75) is 0 Å². The van der Waals surface area contributed by atoms with Crippen molar-refractivity contribution in [1.82, 2.24) is 9.55 Å². The highest BCUT2D eigenvalue weighted by Gasteiger charge is 2.11. The molecule has 3 aromatic rings. The van der Waals surface area contributed by atoms with Crippen LogP contribution in [0.4, 0.5) is 5.69 Å². The Morgan fingerprint density at radius 2 is 1.94 bits per heavy atom. The van der Waals surface area contributed by atoms with Gasteiger partial charge in [-0.05, 0) is 40.2 Å². The van der Waals surface area contributed by atoms with Crippen LogP contribution in [0, 0.1) is 0 Å². The van der Waals surface area contributed by atoms with E-state index in [0.717, 1.165) is 32.6 Å². The van der Waals surface area contributed by atoms with Crippen LogP contribution in [0.3, 0.4) is 0 Å². The summed E-state index contributed by atoms with van der Waals surface area (Å²) in [7, 11) is 2.01. The lowest BCUT2D eigenvalue weighted by molar-refractivity contribution is 0.957. The fourth-order valence-electron chi connectivity index (χ4n) is 2.16. The second-order valence-electron chi connectivity index (χ2n) is 4.23. The van der Waals surface area contributed by atoms with Crippen molar-refractivity contribution in [2.24, 2.45) is 7.05 Å². The van der Waals surface area contributed by atoms with E-state index < -0.39 is 0 Å². The number of hydrogen-bond donors (Lipinski definition) is 1. The summed E-state index contributed by atoms with van der Waals surface area (Å²) in [6.45, 7) is 0. The Kier molecular flexibility index (Phi) is 2.59. The summed E-state index contributed by atoms with van der Waals surface area (Å²) < 4.78 is 3.12. The SMILES string of the molecule is Cn1c(-c2cccc(N)c2)nc2cccc(Br)c21. The van der Waals surface area contributed by atoms with Crippen LogP contribution in [-0.4, -0.2) is 9.55 Å². The number of imidazole rings is 1. The number of halogens is 1. The normalized spacial score (nSPS) is 11.0. The molecule has 3 nitrogen and oxygen atoms in total. The first-order valence-corrected chi connectivity index (χ1v) is 6.43. The van der Waals surface area contributed by atoms with E-state index in [4.69, 9.17) is 5.73 Å². The zero-order valence-electron chi connectivity index (χ0n) is 9.89. The molecule has 1 heterocycles. The van der Waals surface area contributed by atoms with E-state index in [0.29, 0.717) is 0 Å². The van der Waals surface area contributed by atoms with Crippen molar-refractivity contribution in [3.05, 3.63) is 46.9 Å². The summed E-state index contributed by atoms with van der Waals surface area (Å²) >= 11 is 3.56. The van der Waals surface area contributed by atoms with Gasteiger partial charge in [0.15, 0.2) is 0 Å². The molecular formula is C14H12BrN3. The second-order valence-corrected chi connectivity index (χ2v) is 5.08. The molecule has 0 fully saturated rings. The highest BCUT2D eigenvalue weighted by Crippen LogP contribution is 2.29. The highest BCUT2D eigenvalue weighted by atomic mass is 79.9. The molecular weight excluding hydrogens is 290 g/mol. The van der Waals surface area contributed by atoms with E-state index in [1.807, 2.05) is 49.5 Å². The molecule has 90 valence electrons. The minimum absolute atomic E-state index is 0.749. The molecule has 0 aliphatic heterocycles. The number of fused-ring (bicyclic) bond motifs is 1. The highest BCUT2D eigenvalue weighted by molar-refractivity contribution is 9.10. The topological polar surface area (TPSA) is 43.8 Å². The zero-order valence-corrected chi connectivity index (χ0v) is 11.5. The zero-order chi connectivity index (χ0) is 12.7. The molecule has 0 amide bonds. The minimum atomic E-state index is 0.749. The first-order valence-electron chi connectivity index (χ1n) is 5.63. The Hall–Kier alpha value is -1.81. The summed E-state index contributed by atoms with van der Waals surface area (Å²) in [4.78, 5) is 4.66. The molecule has 0 aliphatic carbocycles. The lowest BCUT2D eigenvalue weighted by Crippen LogP contribution is -1.94. The molecule has 0 unspecified atom stereocenters. The number of nitrogen functional groups attached to an aromatic ring is 1. The molecule has 2 N–H and O–H groups in total.